The molecule has 1 aliphatic heterocycles. The molecule has 5 heteroatoms. The van der Waals surface area contributed by atoms with Crippen LogP contribution in [-0.2, 0) is 11.2 Å². The van der Waals surface area contributed by atoms with E-state index in [0.29, 0.717) is 26.1 Å². The highest BCUT2D eigenvalue weighted by Crippen LogP contribution is 2.44. The molecule has 166 valence electrons. The maximum atomic E-state index is 12.9. The average Bonchev–Trinajstić information content (AvgIpc) is 3.16. The maximum absolute atomic E-state index is 12.9. The van der Waals surface area contributed by atoms with Gasteiger partial charge in [-0.1, -0.05) is 48.5 Å². The number of nitrogens with zero attached hydrogens (tertiary/aromatic N) is 2. The molecule has 1 amide bonds. The number of halogens is 1. The molecule has 0 aromatic heterocycles. The van der Waals surface area contributed by atoms with E-state index in [0.717, 1.165) is 18.7 Å². The second kappa shape index (κ2) is 9.48. The number of terminal acetylenes is 1. The molecule has 1 heterocycles. The number of piperazine rings is 1. The number of ether oxygens (including phenoxy) is 1. The van der Waals surface area contributed by atoms with E-state index >= 15 is 0 Å². The van der Waals surface area contributed by atoms with Gasteiger partial charge in [-0.3, -0.25) is 0 Å². The fraction of sp³-hybridized carbons (Fsp3) is 0.250. The highest BCUT2D eigenvalue weighted by atomic mass is 127. The van der Waals surface area contributed by atoms with Crippen LogP contribution < -0.4 is 4.90 Å². The van der Waals surface area contributed by atoms with Gasteiger partial charge in [0.25, 0.3) is 0 Å². The molecular formula is C28H25IN2O2. The molecule has 0 bridgehead atoms. The van der Waals surface area contributed by atoms with E-state index in [1.165, 1.54) is 31.5 Å². The second-order valence-corrected chi connectivity index (χ2v) is 9.72. The third-order valence-electron chi connectivity index (χ3n) is 6.49. The zero-order valence-corrected chi connectivity index (χ0v) is 20.5. The second-order valence-electron chi connectivity index (χ2n) is 8.48. The molecule has 3 aromatic rings. The normalized spacial score (nSPS) is 15.0. The Morgan fingerprint density at radius 2 is 1.61 bits per heavy atom. The molecule has 4 nitrogen and oxygen atoms in total. The van der Waals surface area contributed by atoms with Crippen LogP contribution in [0.3, 0.4) is 0 Å². The van der Waals surface area contributed by atoms with E-state index < -0.39 is 0 Å². The summed E-state index contributed by atoms with van der Waals surface area (Å²) < 4.78 is 7.01. The Labute approximate surface area is 208 Å². The summed E-state index contributed by atoms with van der Waals surface area (Å²) in [5, 5.41) is 0. The number of hydrogen-bond acceptors (Lipinski definition) is 3. The third-order valence-corrected chi connectivity index (χ3v) is 7.11. The minimum absolute atomic E-state index is 0.0867. The zero-order chi connectivity index (χ0) is 22.8. The Morgan fingerprint density at radius 3 is 2.24 bits per heavy atom. The van der Waals surface area contributed by atoms with Crippen molar-refractivity contribution >= 4 is 34.4 Å². The SMILES string of the molecule is C#CCc1cc(I)cc(N2CCN(C(=O)OCC3c4ccccc4-c4ccccc43)CC2)c1. The van der Waals surface area contributed by atoms with Gasteiger partial charge in [-0.15, -0.1) is 12.3 Å². The van der Waals surface area contributed by atoms with E-state index in [2.05, 4.69) is 100 Å². The van der Waals surface area contributed by atoms with Crippen LogP contribution in [0.5, 0.6) is 0 Å². The van der Waals surface area contributed by atoms with Gasteiger partial charge in [0.2, 0.25) is 0 Å². The van der Waals surface area contributed by atoms with E-state index in [9.17, 15) is 4.79 Å². The van der Waals surface area contributed by atoms with Gasteiger partial charge < -0.3 is 14.5 Å². The maximum Gasteiger partial charge on any atom is 0.409 e. The predicted molar refractivity (Wildman–Crippen MR) is 141 cm³/mol. The number of carbonyl (C=O) groups excluding carboxylic acids is 1. The number of benzene rings is 3. The van der Waals surface area contributed by atoms with Crippen LogP contribution in [0.25, 0.3) is 11.1 Å². The number of rotatable bonds is 4. The highest BCUT2D eigenvalue weighted by Gasteiger charge is 2.30. The Kier molecular flexibility index (Phi) is 6.28. The molecule has 1 fully saturated rings. The number of hydrogen-bond donors (Lipinski definition) is 0. The summed E-state index contributed by atoms with van der Waals surface area (Å²) in [7, 11) is 0. The number of amides is 1. The van der Waals surface area contributed by atoms with Crippen molar-refractivity contribution in [3.05, 3.63) is 87.0 Å². The van der Waals surface area contributed by atoms with Crippen LogP contribution >= 0.6 is 22.6 Å². The highest BCUT2D eigenvalue weighted by molar-refractivity contribution is 14.1. The summed E-state index contributed by atoms with van der Waals surface area (Å²) in [5.74, 6) is 2.81. The smallest absolute Gasteiger partial charge is 0.409 e. The molecule has 0 spiro atoms. The van der Waals surface area contributed by atoms with Crippen molar-refractivity contribution in [1.29, 1.82) is 0 Å². The van der Waals surface area contributed by atoms with E-state index in [4.69, 9.17) is 11.2 Å². The van der Waals surface area contributed by atoms with Gasteiger partial charge in [0.1, 0.15) is 6.61 Å². The molecular weight excluding hydrogens is 523 g/mol. The average molecular weight is 548 g/mol. The Hall–Kier alpha value is -2.98. The fourth-order valence-corrected chi connectivity index (χ4v) is 5.59. The fourth-order valence-electron chi connectivity index (χ4n) is 4.87. The minimum Gasteiger partial charge on any atom is -0.448 e. The van der Waals surface area contributed by atoms with Crippen LogP contribution in [-0.4, -0.2) is 43.8 Å². The lowest BCUT2D eigenvalue weighted by molar-refractivity contribution is 0.0977. The quantitative estimate of drug-likeness (QED) is 0.317. The van der Waals surface area contributed by atoms with Gasteiger partial charge >= 0.3 is 6.09 Å². The van der Waals surface area contributed by atoms with Crippen LogP contribution in [0.2, 0.25) is 0 Å². The third kappa shape index (κ3) is 4.45. The standard InChI is InChI=1S/C28H25IN2O2/c1-2-7-20-16-21(29)18-22(17-20)30-12-14-31(15-13-30)28(32)33-19-27-25-10-5-3-8-23(25)24-9-4-6-11-26(24)27/h1,3-6,8-11,16-18,27H,7,12-15,19H2. The zero-order valence-electron chi connectivity index (χ0n) is 18.3. The van der Waals surface area contributed by atoms with Crippen molar-refractivity contribution in [2.45, 2.75) is 12.3 Å². The molecule has 2 aliphatic rings. The summed E-state index contributed by atoms with van der Waals surface area (Å²) in [6.07, 6.45) is 5.89. The van der Waals surface area contributed by atoms with Crippen LogP contribution in [0.1, 0.15) is 22.6 Å². The lowest BCUT2D eigenvalue weighted by Crippen LogP contribution is -2.49. The molecule has 0 unspecified atom stereocenters. The van der Waals surface area contributed by atoms with Gasteiger partial charge in [0.15, 0.2) is 0 Å². The van der Waals surface area contributed by atoms with Crippen molar-refractivity contribution in [2.75, 3.05) is 37.7 Å². The molecule has 0 atom stereocenters. The molecule has 1 saturated heterocycles. The molecule has 33 heavy (non-hydrogen) atoms. The first-order valence-corrected chi connectivity index (χ1v) is 12.3. The Bertz CT molecular complexity index is 1180. The molecule has 3 aromatic carbocycles. The van der Waals surface area contributed by atoms with Gasteiger partial charge in [-0.25, -0.2) is 4.79 Å². The van der Waals surface area contributed by atoms with Crippen LogP contribution in [0, 0.1) is 15.9 Å². The molecule has 1 aliphatic carbocycles. The van der Waals surface area contributed by atoms with Gasteiger partial charge in [-0.05, 0) is 68.6 Å². The predicted octanol–water partition coefficient (Wildman–Crippen LogP) is 5.54. The first-order chi connectivity index (χ1) is 16.1. The summed E-state index contributed by atoms with van der Waals surface area (Å²) in [6, 6.07) is 23.3. The summed E-state index contributed by atoms with van der Waals surface area (Å²) in [6.45, 7) is 3.21. The van der Waals surface area contributed by atoms with Crippen LogP contribution in [0.15, 0.2) is 66.7 Å². The summed E-state index contributed by atoms with van der Waals surface area (Å²) >= 11 is 2.33. The lowest BCUT2D eigenvalue weighted by Gasteiger charge is -2.36. The molecule has 0 radical (unpaired) electrons. The number of fused-ring (bicyclic) bond motifs is 3. The number of carbonyl (C=O) groups is 1. The monoisotopic (exact) mass is 548 g/mol. The van der Waals surface area contributed by atoms with Crippen molar-refractivity contribution in [3.8, 4) is 23.5 Å². The molecule has 0 saturated carbocycles. The Morgan fingerprint density at radius 1 is 0.970 bits per heavy atom. The van der Waals surface area contributed by atoms with E-state index in [1.54, 1.807) is 0 Å². The Balaban J connectivity index is 1.21. The van der Waals surface area contributed by atoms with E-state index in [1.807, 2.05) is 4.90 Å². The topological polar surface area (TPSA) is 32.8 Å². The van der Waals surface area contributed by atoms with Gasteiger partial charge in [0.05, 0.1) is 0 Å². The van der Waals surface area contributed by atoms with Crippen molar-refractivity contribution in [3.63, 3.8) is 0 Å². The largest absolute Gasteiger partial charge is 0.448 e. The van der Waals surface area contributed by atoms with E-state index in [-0.39, 0.29) is 12.0 Å². The van der Waals surface area contributed by atoms with Gasteiger partial charge in [-0.2, -0.15) is 0 Å². The van der Waals surface area contributed by atoms with Crippen molar-refractivity contribution < 1.29 is 9.53 Å². The lowest BCUT2D eigenvalue weighted by atomic mass is 9.98. The van der Waals surface area contributed by atoms with Gasteiger partial charge in [0, 0.05) is 47.8 Å². The number of anilines is 1. The van der Waals surface area contributed by atoms with Crippen molar-refractivity contribution in [1.82, 2.24) is 4.90 Å². The summed E-state index contributed by atoms with van der Waals surface area (Å²) in [5.41, 5.74) is 7.27. The van der Waals surface area contributed by atoms with Crippen LogP contribution in [0.4, 0.5) is 10.5 Å². The molecule has 5 rings (SSSR count). The molecule has 0 N–H and O–H groups in total. The first kappa shape index (κ1) is 21.8. The first-order valence-electron chi connectivity index (χ1n) is 11.2. The van der Waals surface area contributed by atoms with Crippen molar-refractivity contribution in [2.24, 2.45) is 0 Å². The minimum atomic E-state index is -0.229. The summed E-state index contributed by atoms with van der Waals surface area (Å²) in [4.78, 5) is 17.0.